The van der Waals surface area contributed by atoms with Crippen molar-refractivity contribution >= 4 is 44.0 Å². The third-order valence-electron chi connectivity index (χ3n) is 3.05. The summed E-state index contributed by atoms with van der Waals surface area (Å²) in [6.45, 7) is 0. The standard InChI is InChI=1S/C16H12BrN3OS/c17-12-3-1-2-11(8-12)15(21)19-13-6-4-10(5-7-13)14-9-22-16(18)20-14/h1-9H,(H2,18,20)(H,19,21). The highest BCUT2D eigenvalue weighted by atomic mass is 79.9. The number of halogens is 1. The second kappa shape index (κ2) is 6.29. The van der Waals surface area contributed by atoms with Crippen LogP contribution in [0.4, 0.5) is 10.8 Å². The Morgan fingerprint density at radius 3 is 2.59 bits per heavy atom. The topological polar surface area (TPSA) is 68.0 Å². The van der Waals surface area contributed by atoms with Crippen LogP contribution >= 0.6 is 27.3 Å². The molecule has 0 saturated carbocycles. The van der Waals surface area contributed by atoms with Gasteiger partial charge in [-0.2, -0.15) is 0 Å². The van der Waals surface area contributed by atoms with Crippen LogP contribution in [0.5, 0.6) is 0 Å². The van der Waals surface area contributed by atoms with E-state index in [9.17, 15) is 4.79 Å². The number of amides is 1. The second-order valence-electron chi connectivity index (χ2n) is 4.61. The van der Waals surface area contributed by atoms with Gasteiger partial charge in [-0.1, -0.05) is 34.1 Å². The first-order valence-electron chi connectivity index (χ1n) is 6.50. The summed E-state index contributed by atoms with van der Waals surface area (Å²) in [7, 11) is 0. The zero-order valence-electron chi connectivity index (χ0n) is 11.4. The van der Waals surface area contributed by atoms with Gasteiger partial charge in [0.2, 0.25) is 0 Å². The minimum Gasteiger partial charge on any atom is -0.375 e. The number of hydrogen-bond donors (Lipinski definition) is 2. The summed E-state index contributed by atoms with van der Waals surface area (Å²) < 4.78 is 0.872. The fourth-order valence-corrected chi connectivity index (χ4v) is 2.95. The largest absolute Gasteiger partial charge is 0.375 e. The summed E-state index contributed by atoms with van der Waals surface area (Å²) in [5, 5.41) is 5.32. The lowest BCUT2D eigenvalue weighted by Crippen LogP contribution is -2.11. The maximum Gasteiger partial charge on any atom is 0.255 e. The van der Waals surface area contributed by atoms with Crippen LogP contribution in [0.1, 0.15) is 10.4 Å². The van der Waals surface area contributed by atoms with Gasteiger partial charge in [-0.3, -0.25) is 4.79 Å². The molecule has 0 fully saturated rings. The van der Waals surface area contributed by atoms with E-state index in [0.29, 0.717) is 10.7 Å². The van der Waals surface area contributed by atoms with Crippen LogP contribution in [0.15, 0.2) is 58.4 Å². The average Bonchev–Trinajstić information content (AvgIpc) is 2.94. The molecule has 1 aromatic heterocycles. The molecule has 0 bridgehead atoms. The van der Waals surface area contributed by atoms with Gasteiger partial charge in [-0.25, -0.2) is 4.98 Å². The fourth-order valence-electron chi connectivity index (χ4n) is 1.98. The molecule has 0 atom stereocenters. The molecule has 22 heavy (non-hydrogen) atoms. The Morgan fingerprint density at radius 2 is 1.95 bits per heavy atom. The van der Waals surface area contributed by atoms with Crippen LogP contribution in [0.25, 0.3) is 11.3 Å². The molecule has 0 aliphatic rings. The highest BCUT2D eigenvalue weighted by Crippen LogP contribution is 2.24. The number of anilines is 2. The summed E-state index contributed by atoms with van der Waals surface area (Å²) in [4.78, 5) is 16.4. The van der Waals surface area contributed by atoms with Crippen molar-refractivity contribution in [1.82, 2.24) is 4.98 Å². The minimum absolute atomic E-state index is 0.146. The van der Waals surface area contributed by atoms with Gasteiger partial charge in [-0.15, -0.1) is 11.3 Å². The van der Waals surface area contributed by atoms with Crippen LogP contribution < -0.4 is 11.1 Å². The lowest BCUT2D eigenvalue weighted by molar-refractivity contribution is 0.102. The van der Waals surface area contributed by atoms with Gasteiger partial charge in [0.15, 0.2) is 5.13 Å². The number of carbonyl (C=O) groups excluding carboxylic acids is 1. The van der Waals surface area contributed by atoms with Gasteiger partial charge in [0.25, 0.3) is 5.91 Å². The molecule has 6 heteroatoms. The Morgan fingerprint density at radius 1 is 1.18 bits per heavy atom. The van der Waals surface area contributed by atoms with Crippen LogP contribution in [-0.2, 0) is 0 Å². The molecule has 3 aromatic rings. The van der Waals surface area contributed by atoms with Crippen molar-refractivity contribution in [3.63, 3.8) is 0 Å². The number of carbonyl (C=O) groups is 1. The molecular weight excluding hydrogens is 362 g/mol. The Labute approximate surface area is 140 Å². The Bertz CT molecular complexity index is 814. The lowest BCUT2D eigenvalue weighted by Gasteiger charge is -2.06. The summed E-state index contributed by atoms with van der Waals surface area (Å²) in [6, 6.07) is 14.8. The molecule has 1 amide bonds. The third-order valence-corrected chi connectivity index (χ3v) is 4.21. The normalized spacial score (nSPS) is 10.4. The summed E-state index contributed by atoms with van der Waals surface area (Å²) in [5.74, 6) is -0.146. The molecule has 0 aliphatic carbocycles. The van der Waals surface area contributed by atoms with Gasteiger partial charge in [-0.05, 0) is 30.3 Å². The molecule has 3 rings (SSSR count). The second-order valence-corrected chi connectivity index (χ2v) is 6.42. The molecular formula is C16H12BrN3OS. The van der Waals surface area contributed by atoms with Gasteiger partial charge in [0.05, 0.1) is 5.69 Å². The Balaban J connectivity index is 1.75. The number of nitrogens with two attached hydrogens (primary N) is 1. The predicted octanol–water partition coefficient (Wildman–Crippen LogP) is 4.41. The van der Waals surface area contributed by atoms with E-state index in [-0.39, 0.29) is 5.91 Å². The molecule has 0 radical (unpaired) electrons. The van der Waals surface area contributed by atoms with E-state index < -0.39 is 0 Å². The number of thiazole rings is 1. The van der Waals surface area contributed by atoms with Gasteiger partial charge in [0, 0.05) is 26.7 Å². The van der Waals surface area contributed by atoms with E-state index >= 15 is 0 Å². The molecule has 0 unspecified atom stereocenters. The van der Waals surface area contributed by atoms with Crippen molar-refractivity contribution in [1.29, 1.82) is 0 Å². The number of nitrogen functional groups attached to an aromatic ring is 1. The van der Waals surface area contributed by atoms with Crippen LogP contribution in [0, 0.1) is 0 Å². The van der Waals surface area contributed by atoms with E-state index in [1.54, 1.807) is 12.1 Å². The van der Waals surface area contributed by atoms with Gasteiger partial charge >= 0.3 is 0 Å². The highest BCUT2D eigenvalue weighted by molar-refractivity contribution is 9.10. The van der Waals surface area contributed by atoms with Crippen molar-refractivity contribution in [2.45, 2.75) is 0 Å². The number of hydrogen-bond acceptors (Lipinski definition) is 4. The van der Waals surface area contributed by atoms with Crippen LogP contribution in [0.3, 0.4) is 0 Å². The zero-order valence-corrected chi connectivity index (χ0v) is 13.8. The fraction of sp³-hybridized carbons (Fsp3) is 0. The summed E-state index contributed by atoms with van der Waals surface area (Å²) >= 11 is 4.76. The highest BCUT2D eigenvalue weighted by Gasteiger charge is 2.07. The van der Waals surface area contributed by atoms with Crippen molar-refractivity contribution < 1.29 is 4.79 Å². The quantitative estimate of drug-likeness (QED) is 0.714. The maximum atomic E-state index is 12.2. The molecule has 3 N–H and O–H groups in total. The first kappa shape index (κ1) is 14.7. The number of rotatable bonds is 3. The molecule has 110 valence electrons. The van der Waals surface area contributed by atoms with E-state index in [1.807, 2.05) is 41.8 Å². The lowest BCUT2D eigenvalue weighted by atomic mass is 10.1. The Hall–Kier alpha value is -2.18. The first-order chi connectivity index (χ1) is 10.6. The Kier molecular flexibility index (Phi) is 4.22. The van der Waals surface area contributed by atoms with E-state index in [0.717, 1.165) is 21.4 Å². The van der Waals surface area contributed by atoms with E-state index in [1.165, 1.54) is 11.3 Å². The SMILES string of the molecule is Nc1nc(-c2ccc(NC(=O)c3cccc(Br)c3)cc2)cs1. The molecule has 1 heterocycles. The summed E-state index contributed by atoms with van der Waals surface area (Å²) in [5.41, 5.74) is 8.78. The molecule has 0 spiro atoms. The number of nitrogens with one attached hydrogen (secondary N) is 1. The molecule has 0 saturated heterocycles. The van der Waals surface area contributed by atoms with Crippen LogP contribution in [0.2, 0.25) is 0 Å². The van der Waals surface area contributed by atoms with E-state index in [2.05, 4.69) is 26.2 Å². The van der Waals surface area contributed by atoms with Gasteiger partial charge in [0.1, 0.15) is 0 Å². The van der Waals surface area contributed by atoms with Crippen molar-refractivity contribution in [2.75, 3.05) is 11.1 Å². The molecule has 4 nitrogen and oxygen atoms in total. The van der Waals surface area contributed by atoms with E-state index in [4.69, 9.17) is 5.73 Å². The van der Waals surface area contributed by atoms with Gasteiger partial charge < -0.3 is 11.1 Å². The maximum absolute atomic E-state index is 12.2. The average molecular weight is 374 g/mol. The monoisotopic (exact) mass is 373 g/mol. The van der Waals surface area contributed by atoms with Crippen molar-refractivity contribution in [3.05, 3.63) is 63.9 Å². The minimum atomic E-state index is -0.146. The molecule has 2 aromatic carbocycles. The number of aromatic nitrogens is 1. The zero-order chi connectivity index (χ0) is 15.5. The summed E-state index contributed by atoms with van der Waals surface area (Å²) in [6.07, 6.45) is 0. The van der Waals surface area contributed by atoms with Crippen molar-refractivity contribution in [3.8, 4) is 11.3 Å². The number of nitrogens with zero attached hydrogens (tertiary/aromatic N) is 1. The smallest absolute Gasteiger partial charge is 0.255 e. The molecule has 0 aliphatic heterocycles. The first-order valence-corrected chi connectivity index (χ1v) is 8.17. The number of benzene rings is 2. The van der Waals surface area contributed by atoms with Crippen molar-refractivity contribution in [2.24, 2.45) is 0 Å². The third kappa shape index (κ3) is 3.35. The van der Waals surface area contributed by atoms with Crippen LogP contribution in [-0.4, -0.2) is 10.9 Å². The predicted molar refractivity (Wildman–Crippen MR) is 94.1 cm³/mol.